The average Bonchev–Trinajstić information content (AvgIpc) is 2.53. The van der Waals surface area contributed by atoms with E-state index in [9.17, 15) is 4.79 Å². The van der Waals surface area contributed by atoms with Gasteiger partial charge in [-0.2, -0.15) is 0 Å². The molecule has 0 atom stereocenters. The van der Waals surface area contributed by atoms with Crippen molar-refractivity contribution in [1.82, 2.24) is 0 Å². The Balaban J connectivity index is 2.43. The van der Waals surface area contributed by atoms with Crippen molar-refractivity contribution in [2.45, 2.75) is 59.8 Å². The van der Waals surface area contributed by atoms with E-state index in [1.54, 1.807) is 6.07 Å². The lowest BCUT2D eigenvalue weighted by atomic mass is 10.0. The minimum Gasteiger partial charge on any atom is -0.282 e. The number of benzene rings is 1. The highest BCUT2D eigenvalue weighted by Crippen LogP contribution is 2.13. The summed E-state index contributed by atoms with van der Waals surface area (Å²) in [5.41, 5.74) is 6.08. The van der Waals surface area contributed by atoms with E-state index in [-0.39, 0.29) is 5.12 Å². The van der Waals surface area contributed by atoms with Crippen molar-refractivity contribution >= 4 is 17.7 Å². The monoisotopic (exact) mass is 342 g/mol. The number of allylic oxidation sites excluding steroid dienone is 6. The predicted octanol–water partition coefficient (Wildman–Crippen LogP) is 6.72. The van der Waals surface area contributed by atoms with Crippen molar-refractivity contribution in [3.05, 3.63) is 70.3 Å². The smallest absolute Gasteiger partial charge is 0.216 e. The van der Waals surface area contributed by atoms with E-state index in [0.29, 0.717) is 5.56 Å². The molecule has 0 unspecified atom stereocenters. The van der Waals surface area contributed by atoms with Crippen molar-refractivity contribution in [2.24, 2.45) is 0 Å². The van der Waals surface area contributed by atoms with Gasteiger partial charge < -0.3 is 0 Å². The van der Waals surface area contributed by atoms with Crippen molar-refractivity contribution in [1.29, 1.82) is 0 Å². The van der Waals surface area contributed by atoms with E-state index in [1.165, 1.54) is 16.7 Å². The summed E-state index contributed by atoms with van der Waals surface area (Å²) in [4.78, 5) is 11.3. The number of rotatable bonds is 9. The molecule has 1 nitrogen and oxygen atoms in total. The van der Waals surface area contributed by atoms with Crippen LogP contribution in [-0.2, 0) is 6.42 Å². The molecular weight excluding hydrogens is 312 g/mol. The van der Waals surface area contributed by atoms with Gasteiger partial charge in [-0.05, 0) is 71.4 Å². The molecule has 1 aromatic carbocycles. The molecule has 1 aromatic rings. The summed E-state index contributed by atoms with van der Waals surface area (Å²) in [7, 11) is 0. The molecule has 1 rings (SSSR count). The molecule has 0 heterocycles. The maximum atomic E-state index is 11.3. The lowest BCUT2D eigenvalue weighted by Gasteiger charge is -2.03. The minimum atomic E-state index is -0.175. The standard InChI is InChI=1S/C22H30OS/c1-17(2)8-5-9-18(3)10-6-11-19(4)14-15-20-12-7-13-21(16-20)22(23)24/h7-8,10,12-14,16H,5-6,9,11,15H2,1-4H3,(H,23,24). The van der Waals surface area contributed by atoms with Crippen LogP contribution in [0, 0.1) is 0 Å². The first-order chi connectivity index (χ1) is 11.4. The fourth-order valence-corrected chi connectivity index (χ4v) is 2.60. The zero-order chi connectivity index (χ0) is 17.9. The third-order valence-corrected chi connectivity index (χ3v) is 4.24. The van der Waals surface area contributed by atoms with E-state index >= 15 is 0 Å². The largest absolute Gasteiger partial charge is 0.282 e. The van der Waals surface area contributed by atoms with Crippen LogP contribution < -0.4 is 0 Å². The Bertz CT molecular complexity index is 631. The van der Waals surface area contributed by atoms with Crippen LogP contribution in [0.2, 0.25) is 0 Å². The first kappa shape index (κ1) is 20.5. The Morgan fingerprint density at radius 1 is 0.958 bits per heavy atom. The summed E-state index contributed by atoms with van der Waals surface area (Å²) in [5.74, 6) is 0. The SMILES string of the molecule is CC(C)=CCCC(C)=CCCC(C)=CCc1cccc(C(=O)S)c1. The molecule has 0 aromatic heterocycles. The van der Waals surface area contributed by atoms with Gasteiger partial charge in [0.15, 0.2) is 0 Å². The van der Waals surface area contributed by atoms with Crippen LogP contribution in [0.5, 0.6) is 0 Å². The molecule has 0 spiro atoms. The highest BCUT2D eigenvalue weighted by Gasteiger charge is 2.00. The van der Waals surface area contributed by atoms with E-state index < -0.39 is 0 Å². The average molecular weight is 343 g/mol. The molecule has 24 heavy (non-hydrogen) atoms. The summed E-state index contributed by atoms with van der Waals surface area (Å²) in [6.07, 6.45) is 12.3. The first-order valence-corrected chi connectivity index (χ1v) is 9.10. The molecule has 0 aliphatic rings. The molecule has 0 saturated heterocycles. The molecular formula is C22H30OS. The lowest BCUT2D eigenvalue weighted by Crippen LogP contribution is -1.91. The summed E-state index contributed by atoms with van der Waals surface area (Å²) in [5, 5.41) is -0.175. The highest BCUT2D eigenvalue weighted by atomic mass is 32.1. The number of thiol groups is 1. The van der Waals surface area contributed by atoms with Gasteiger partial charge in [0.2, 0.25) is 5.12 Å². The van der Waals surface area contributed by atoms with Crippen molar-refractivity contribution in [3.63, 3.8) is 0 Å². The van der Waals surface area contributed by atoms with E-state index in [2.05, 4.69) is 64.6 Å². The quantitative estimate of drug-likeness (QED) is 0.389. The normalized spacial score (nSPS) is 12.2. The molecule has 0 radical (unpaired) electrons. The molecule has 0 fully saturated rings. The van der Waals surface area contributed by atoms with Crippen LogP contribution in [0.15, 0.2) is 59.2 Å². The summed E-state index contributed by atoms with van der Waals surface area (Å²) < 4.78 is 0. The number of carbonyl (C=O) groups is 1. The van der Waals surface area contributed by atoms with Crippen LogP contribution in [0.25, 0.3) is 0 Å². The minimum absolute atomic E-state index is 0.175. The predicted molar refractivity (Wildman–Crippen MR) is 109 cm³/mol. The summed E-state index contributed by atoms with van der Waals surface area (Å²) in [6, 6.07) is 7.70. The molecule has 130 valence electrons. The van der Waals surface area contributed by atoms with Gasteiger partial charge in [-0.3, -0.25) is 4.79 Å². The van der Waals surface area contributed by atoms with Crippen molar-refractivity contribution in [3.8, 4) is 0 Å². The van der Waals surface area contributed by atoms with Crippen LogP contribution >= 0.6 is 12.6 Å². The fraction of sp³-hybridized carbons (Fsp3) is 0.409. The van der Waals surface area contributed by atoms with E-state index in [1.807, 2.05) is 12.1 Å². The van der Waals surface area contributed by atoms with Gasteiger partial charge >= 0.3 is 0 Å². The first-order valence-electron chi connectivity index (χ1n) is 8.65. The topological polar surface area (TPSA) is 17.1 Å². The van der Waals surface area contributed by atoms with E-state index in [4.69, 9.17) is 0 Å². The summed E-state index contributed by atoms with van der Waals surface area (Å²) in [6.45, 7) is 8.70. The Morgan fingerprint density at radius 2 is 1.58 bits per heavy atom. The molecule has 0 N–H and O–H groups in total. The fourth-order valence-electron chi connectivity index (χ4n) is 2.46. The maximum absolute atomic E-state index is 11.3. The number of hydrogen-bond acceptors (Lipinski definition) is 1. The van der Waals surface area contributed by atoms with Crippen molar-refractivity contribution in [2.75, 3.05) is 0 Å². The zero-order valence-corrected chi connectivity index (χ0v) is 16.3. The van der Waals surface area contributed by atoms with Crippen molar-refractivity contribution < 1.29 is 4.79 Å². The summed E-state index contributed by atoms with van der Waals surface area (Å²) >= 11 is 3.88. The second-order valence-electron chi connectivity index (χ2n) is 6.67. The van der Waals surface area contributed by atoms with Gasteiger partial charge in [0.25, 0.3) is 0 Å². The third kappa shape index (κ3) is 8.93. The molecule has 0 amide bonds. The van der Waals surface area contributed by atoms with Gasteiger partial charge in [-0.15, -0.1) is 12.6 Å². The second-order valence-corrected chi connectivity index (χ2v) is 7.08. The van der Waals surface area contributed by atoms with Crippen LogP contribution in [0.4, 0.5) is 0 Å². The van der Waals surface area contributed by atoms with Crippen LogP contribution in [0.3, 0.4) is 0 Å². The van der Waals surface area contributed by atoms with Gasteiger partial charge in [-0.1, -0.05) is 53.1 Å². The number of hydrogen-bond donors (Lipinski definition) is 1. The van der Waals surface area contributed by atoms with E-state index in [0.717, 1.165) is 37.7 Å². The van der Waals surface area contributed by atoms with Gasteiger partial charge in [0, 0.05) is 5.56 Å². The molecule has 0 bridgehead atoms. The molecule has 2 heteroatoms. The molecule has 0 saturated carbocycles. The Morgan fingerprint density at radius 3 is 2.21 bits per heavy atom. The maximum Gasteiger partial charge on any atom is 0.216 e. The van der Waals surface area contributed by atoms with Gasteiger partial charge in [0.1, 0.15) is 0 Å². The van der Waals surface area contributed by atoms with Crippen LogP contribution in [-0.4, -0.2) is 5.12 Å². The molecule has 0 aliphatic carbocycles. The van der Waals surface area contributed by atoms with Gasteiger partial charge in [0.05, 0.1) is 0 Å². The third-order valence-electron chi connectivity index (χ3n) is 3.98. The zero-order valence-electron chi connectivity index (χ0n) is 15.4. The Kier molecular flexibility index (Phi) is 9.48. The second kappa shape index (κ2) is 11.1. The lowest BCUT2D eigenvalue weighted by molar-refractivity contribution is 0.109. The van der Waals surface area contributed by atoms with Gasteiger partial charge in [-0.25, -0.2) is 0 Å². The highest BCUT2D eigenvalue weighted by molar-refractivity contribution is 7.97. The van der Waals surface area contributed by atoms with Crippen LogP contribution in [0.1, 0.15) is 69.3 Å². The number of carbonyl (C=O) groups excluding carboxylic acids is 1. The molecule has 0 aliphatic heterocycles. The Labute approximate surface area is 153 Å². The Hall–Kier alpha value is -1.54.